The Balaban J connectivity index is 1.73. The van der Waals surface area contributed by atoms with Crippen LogP contribution < -0.4 is 5.32 Å². The molecule has 1 saturated heterocycles. The lowest BCUT2D eigenvalue weighted by molar-refractivity contribution is 0.155. The summed E-state index contributed by atoms with van der Waals surface area (Å²) < 4.78 is 1.03. The van der Waals surface area contributed by atoms with E-state index in [0.717, 1.165) is 21.8 Å². The molecule has 100 valence electrons. The van der Waals surface area contributed by atoms with Crippen LogP contribution in [0.25, 0.3) is 10.2 Å². The van der Waals surface area contributed by atoms with Crippen LogP contribution in [0.15, 0.2) is 18.2 Å². The molecule has 1 unspecified atom stereocenters. The molecule has 2 heterocycles. The molecular formula is C12H12ClN3O2S. The van der Waals surface area contributed by atoms with Gasteiger partial charge in [0, 0.05) is 24.2 Å². The average molecular weight is 298 g/mol. The lowest BCUT2D eigenvalue weighted by atomic mass is 10.3. The van der Waals surface area contributed by atoms with Crippen molar-refractivity contribution in [3.63, 3.8) is 0 Å². The third-order valence-electron chi connectivity index (χ3n) is 3.14. The zero-order valence-corrected chi connectivity index (χ0v) is 11.5. The van der Waals surface area contributed by atoms with E-state index in [1.165, 1.54) is 16.2 Å². The Labute approximate surface area is 118 Å². The molecule has 1 amide bonds. The first-order chi connectivity index (χ1) is 9.11. The number of carboxylic acid groups (broad SMARTS) is 1. The van der Waals surface area contributed by atoms with Crippen LogP contribution in [-0.2, 0) is 0 Å². The third kappa shape index (κ3) is 2.59. The van der Waals surface area contributed by atoms with Gasteiger partial charge in [0.1, 0.15) is 0 Å². The standard InChI is InChI=1S/C12H12ClN3O2S/c13-7-1-2-9-10(5-7)19-11(15-9)14-8-3-4-16(6-8)12(17)18/h1-2,5,8H,3-4,6H2,(H,14,15)(H,17,18). The van der Waals surface area contributed by atoms with Gasteiger partial charge in [0.2, 0.25) is 0 Å². The molecule has 3 rings (SSSR count). The summed E-state index contributed by atoms with van der Waals surface area (Å²) >= 11 is 7.47. The fourth-order valence-corrected chi connectivity index (χ4v) is 3.41. The van der Waals surface area contributed by atoms with Crippen molar-refractivity contribution < 1.29 is 9.90 Å². The second-order valence-corrected chi connectivity index (χ2v) is 5.96. The normalized spacial score (nSPS) is 19.0. The number of nitrogens with one attached hydrogen (secondary N) is 1. The van der Waals surface area contributed by atoms with E-state index >= 15 is 0 Å². The summed E-state index contributed by atoms with van der Waals surface area (Å²) in [6.07, 6.45) is -0.0522. The van der Waals surface area contributed by atoms with Crippen LogP contribution in [0.3, 0.4) is 0 Å². The van der Waals surface area contributed by atoms with Gasteiger partial charge in [-0.25, -0.2) is 9.78 Å². The molecule has 0 aliphatic carbocycles. The maximum absolute atomic E-state index is 10.8. The molecule has 1 fully saturated rings. The molecule has 1 aromatic carbocycles. The van der Waals surface area contributed by atoms with Gasteiger partial charge in [-0.2, -0.15) is 0 Å². The van der Waals surface area contributed by atoms with Crippen LogP contribution in [0.4, 0.5) is 9.93 Å². The number of hydrogen-bond donors (Lipinski definition) is 2. The SMILES string of the molecule is O=C(O)N1CCC(Nc2nc3ccc(Cl)cc3s2)C1. The predicted octanol–water partition coefficient (Wildman–Crippen LogP) is 3.11. The molecule has 0 spiro atoms. The molecule has 7 heteroatoms. The number of halogens is 1. The second-order valence-electron chi connectivity index (χ2n) is 4.49. The van der Waals surface area contributed by atoms with Crippen LogP contribution in [0.1, 0.15) is 6.42 Å². The molecule has 2 N–H and O–H groups in total. The maximum atomic E-state index is 10.8. The number of fused-ring (bicyclic) bond motifs is 1. The summed E-state index contributed by atoms with van der Waals surface area (Å²) in [4.78, 5) is 16.7. The van der Waals surface area contributed by atoms with Gasteiger partial charge in [-0.15, -0.1) is 0 Å². The van der Waals surface area contributed by atoms with Gasteiger partial charge in [0.05, 0.1) is 10.2 Å². The first kappa shape index (κ1) is 12.5. The summed E-state index contributed by atoms with van der Waals surface area (Å²) in [5, 5.41) is 13.7. The minimum Gasteiger partial charge on any atom is -0.465 e. The molecule has 0 radical (unpaired) electrons. The predicted molar refractivity (Wildman–Crippen MR) is 76.3 cm³/mol. The molecule has 1 aliphatic rings. The number of likely N-dealkylation sites (tertiary alicyclic amines) is 1. The number of amides is 1. The highest BCUT2D eigenvalue weighted by Crippen LogP contribution is 2.29. The summed E-state index contributed by atoms with van der Waals surface area (Å²) in [5.74, 6) is 0. The van der Waals surface area contributed by atoms with Crippen LogP contribution in [0.5, 0.6) is 0 Å². The first-order valence-electron chi connectivity index (χ1n) is 5.92. The molecule has 1 atom stereocenters. The zero-order chi connectivity index (χ0) is 13.4. The van der Waals surface area contributed by atoms with E-state index in [1.807, 2.05) is 18.2 Å². The molecule has 0 saturated carbocycles. The summed E-state index contributed by atoms with van der Waals surface area (Å²) in [7, 11) is 0. The second kappa shape index (κ2) is 4.86. The van der Waals surface area contributed by atoms with Crippen molar-refractivity contribution in [3.8, 4) is 0 Å². The van der Waals surface area contributed by atoms with Crippen molar-refractivity contribution in [2.24, 2.45) is 0 Å². The fraction of sp³-hybridized carbons (Fsp3) is 0.333. The Morgan fingerprint density at radius 2 is 2.42 bits per heavy atom. The van der Waals surface area contributed by atoms with E-state index in [-0.39, 0.29) is 6.04 Å². The van der Waals surface area contributed by atoms with Gasteiger partial charge < -0.3 is 15.3 Å². The Bertz CT molecular complexity index is 630. The van der Waals surface area contributed by atoms with Crippen molar-refractivity contribution in [1.29, 1.82) is 0 Å². The van der Waals surface area contributed by atoms with Crippen molar-refractivity contribution in [2.75, 3.05) is 18.4 Å². The number of hydrogen-bond acceptors (Lipinski definition) is 4. The molecule has 19 heavy (non-hydrogen) atoms. The number of thiazole rings is 1. The van der Waals surface area contributed by atoms with Crippen LogP contribution >= 0.6 is 22.9 Å². The molecule has 5 nitrogen and oxygen atoms in total. The maximum Gasteiger partial charge on any atom is 0.407 e. The topological polar surface area (TPSA) is 65.5 Å². The monoisotopic (exact) mass is 297 g/mol. The quantitative estimate of drug-likeness (QED) is 0.894. The van der Waals surface area contributed by atoms with Gasteiger partial charge in [-0.1, -0.05) is 22.9 Å². The highest BCUT2D eigenvalue weighted by atomic mass is 35.5. The van der Waals surface area contributed by atoms with Gasteiger partial charge in [-0.3, -0.25) is 0 Å². The Morgan fingerprint density at radius 3 is 3.16 bits per heavy atom. The molecule has 2 aromatic rings. The minimum absolute atomic E-state index is 0.132. The summed E-state index contributed by atoms with van der Waals surface area (Å²) in [5.41, 5.74) is 0.907. The van der Waals surface area contributed by atoms with Gasteiger partial charge in [-0.05, 0) is 24.6 Å². The molecule has 1 aromatic heterocycles. The average Bonchev–Trinajstić information content (AvgIpc) is 2.95. The van der Waals surface area contributed by atoms with Gasteiger partial charge >= 0.3 is 6.09 Å². The Hall–Kier alpha value is -1.53. The number of carbonyl (C=O) groups is 1. The number of anilines is 1. The van der Waals surface area contributed by atoms with E-state index in [0.29, 0.717) is 18.1 Å². The Kier molecular flexibility index (Phi) is 3.20. The van der Waals surface area contributed by atoms with E-state index in [9.17, 15) is 4.79 Å². The summed E-state index contributed by atoms with van der Waals surface area (Å²) in [6, 6.07) is 5.72. The highest BCUT2D eigenvalue weighted by Gasteiger charge is 2.26. The van der Waals surface area contributed by atoms with E-state index in [2.05, 4.69) is 10.3 Å². The van der Waals surface area contributed by atoms with Crippen LogP contribution in [0.2, 0.25) is 5.02 Å². The number of aromatic nitrogens is 1. The smallest absolute Gasteiger partial charge is 0.407 e. The molecule has 0 bridgehead atoms. The van der Waals surface area contributed by atoms with E-state index in [1.54, 1.807) is 0 Å². The highest BCUT2D eigenvalue weighted by molar-refractivity contribution is 7.22. The Morgan fingerprint density at radius 1 is 1.58 bits per heavy atom. The lowest BCUT2D eigenvalue weighted by Crippen LogP contribution is -2.30. The minimum atomic E-state index is -0.861. The molecule has 1 aliphatic heterocycles. The van der Waals surface area contributed by atoms with Gasteiger partial charge in [0.15, 0.2) is 5.13 Å². The van der Waals surface area contributed by atoms with Crippen LogP contribution in [-0.4, -0.2) is 40.2 Å². The van der Waals surface area contributed by atoms with Crippen LogP contribution in [0, 0.1) is 0 Å². The first-order valence-corrected chi connectivity index (χ1v) is 7.12. The van der Waals surface area contributed by atoms with E-state index < -0.39 is 6.09 Å². The number of nitrogens with zero attached hydrogens (tertiary/aromatic N) is 2. The van der Waals surface area contributed by atoms with Gasteiger partial charge in [0.25, 0.3) is 0 Å². The summed E-state index contributed by atoms with van der Waals surface area (Å²) in [6.45, 7) is 1.08. The number of rotatable bonds is 2. The van der Waals surface area contributed by atoms with E-state index in [4.69, 9.17) is 16.7 Å². The third-order valence-corrected chi connectivity index (χ3v) is 4.32. The number of benzene rings is 1. The van der Waals surface area contributed by atoms with Crippen molar-refractivity contribution >= 4 is 44.4 Å². The van der Waals surface area contributed by atoms with Crippen molar-refractivity contribution in [1.82, 2.24) is 9.88 Å². The fourth-order valence-electron chi connectivity index (χ4n) is 2.19. The van der Waals surface area contributed by atoms with Crippen molar-refractivity contribution in [2.45, 2.75) is 12.5 Å². The largest absolute Gasteiger partial charge is 0.465 e. The lowest BCUT2D eigenvalue weighted by Gasteiger charge is -2.12. The van der Waals surface area contributed by atoms with Crippen molar-refractivity contribution in [3.05, 3.63) is 23.2 Å². The zero-order valence-electron chi connectivity index (χ0n) is 9.97. The molecular weight excluding hydrogens is 286 g/mol.